The molecule has 0 aliphatic rings. The maximum absolute atomic E-state index is 13.2. The molecule has 94 valence electrons. The van der Waals surface area contributed by atoms with Gasteiger partial charge in [0, 0.05) is 6.54 Å². The van der Waals surface area contributed by atoms with Gasteiger partial charge in [0.2, 0.25) is 0 Å². The first-order valence-corrected chi connectivity index (χ1v) is 6.60. The molecule has 18 heavy (non-hydrogen) atoms. The molecule has 2 nitrogen and oxygen atoms in total. The van der Waals surface area contributed by atoms with E-state index in [-0.39, 0.29) is 5.02 Å². The largest absolute Gasteiger partial charge is 0.380 e. The molecule has 0 saturated carbocycles. The smallest absolute Gasteiger partial charge is 0.143 e. The SMILES string of the molecule is Fc1cc(CNc2cnc(Cl)c(Br)c2)ccc1Cl. The van der Waals surface area contributed by atoms with Crippen LogP contribution in [0, 0.1) is 5.82 Å². The predicted molar refractivity (Wildman–Crippen MR) is 75.7 cm³/mol. The van der Waals surface area contributed by atoms with Crippen molar-refractivity contribution in [2.24, 2.45) is 0 Å². The summed E-state index contributed by atoms with van der Waals surface area (Å²) < 4.78 is 13.9. The van der Waals surface area contributed by atoms with Crippen LogP contribution in [-0.4, -0.2) is 4.98 Å². The summed E-state index contributed by atoms with van der Waals surface area (Å²) in [6.45, 7) is 0.476. The number of hydrogen-bond acceptors (Lipinski definition) is 2. The van der Waals surface area contributed by atoms with E-state index in [1.807, 2.05) is 6.07 Å². The van der Waals surface area contributed by atoms with Gasteiger partial charge in [0.1, 0.15) is 11.0 Å². The Morgan fingerprint density at radius 2 is 2.06 bits per heavy atom. The Balaban J connectivity index is 2.06. The van der Waals surface area contributed by atoms with Crippen molar-refractivity contribution >= 4 is 44.8 Å². The van der Waals surface area contributed by atoms with Crippen LogP contribution in [-0.2, 0) is 6.54 Å². The molecule has 0 amide bonds. The van der Waals surface area contributed by atoms with E-state index in [1.54, 1.807) is 12.3 Å². The van der Waals surface area contributed by atoms with Crippen LogP contribution in [0.5, 0.6) is 0 Å². The summed E-state index contributed by atoms with van der Waals surface area (Å²) in [7, 11) is 0. The highest BCUT2D eigenvalue weighted by atomic mass is 79.9. The highest BCUT2D eigenvalue weighted by Gasteiger charge is 2.03. The quantitative estimate of drug-likeness (QED) is 0.797. The molecule has 0 aliphatic heterocycles. The average Bonchev–Trinajstić information content (AvgIpc) is 2.35. The van der Waals surface area contributed by atoms with E-state index in [2.05, 4.69) is 26.2 Å². The van der Waals surface area contributed by atoms with Crippen LogP contribution in [0.3, 0.4) is 0 Å². The van der Waals surface area contributed by atoms with Gasteiger partial charge in [-0.15, -0.1) is 0 Å². The zero-order valence-corrected chi connectivity index (χ0v) is 12.2. The summed E-state index contributed by atoms with van der Waals surface area (Å²) in [5.41, 5.74) is 1.59. The van der Waals surface area contributed by atoms with Crippen LogP contribution < -0.4 is 5.32 Å². The third-order valence-corrected chi connectivity index (χ3v) is 3.72. The monoisotopic (exact) mass is 348 g/mol. The standard InChI is InChI=1S/C12H8BrCl2FN2/c13-9-4-8(6-18-12(9)15)17-5-7-1-2-10(14)11(16)3-7/h1-4,6,17H,5H2. The molecule has 0 fully saturated rings. The average molecular weight is 350 g/mol. The second-order valence-corrected chi connectivity index (χ2v) is 5.22. The summed E-state index contributed by atoms with van der Waals surface area (Å²) in [6.07, 6.45) is 1.61. The van der Waals surface area contributed by atoms with E-state index in [9.17, 15) is 4.39 Å². The van der Waals surface area contributed by atoms with Crippen molar-refractivity contribution in [2.45, 2.75) is 6.54 Å². The molecule has 0 saturated heterocycles. The van der Waals surface area contributed by atoms with Gasteiger partial charge < -0.3 is 5.32 Å². The van der Waals surface area contributed by atoms with Crippen molar-refractivity contribution in [3.05, 3.63) is 56.5 Å². The van der Waals surface area contributed by atoms with E-state index in [0.29, 0.717) is 16.2 Å². The minimum absolute atomic E-state index is 0.120. The van der Waals surface area contributed by atoms with E-state index in [1.165, 1.54) is 12.1 Å². The zero-order valence-electron chi connectivity index (χ0n) is 9.05. The Hall–Kier alpha value is -0.840. The number of hydrogen-bond donors (Lipinski definition) is 1. The van der Waals surface area contributed by atoms with Crippen LogP contribution >= 0.6 is 39.1 Å². The Kier molecular flexibility index (Phi) is 4.43. The fraction of sp³-hybridized carbons (Fsp3) is 0.0833. The molecule has 0 spiro atoms. The lowest BCUT2D eigenvalue weighted by molar-refractivity contribution is 0.626. The lowest BCUT2D eigenvalue weighted by atomic mass is 10.2. The Morgan fingerprint density at radius 3 is 2.72 bits per heavy atom. The molecular formula is C12H8BrCl2FN2. The van der Waals surface area contributed by atoms with Gasteiger partial charge >= 0.3 is 0 Å². The van der Waals surface area contributed by atoms with Crippen LogP contribution in [0.15, 0.2) is 34.9 Å². The number of aromatic nitrogens is 1. The molecule has 2 rings (SSSR count). The summed E-state index contributed by atoms with van der Waals surface area (Å²) in [5.74, 6) is -0.425. The molecular weight excluding hydrogens is 342 g/mol. The third-order valence-electron chi connectivity index (χ3n) is 2.28. The van der Waals surface area contributed by atoms with Crippen LogP contribution in [0.2, 0.25) is 10.2 Å². The fourth-order valence-corrected chi connectivity index (χ4v) is 1.94. The van der Waals surface area contributed by atoms with E-state index >= 15 is 0 Å². The van der Waals surface area contributed by atoms with Crippen molar-refractivity contribution < 1.29 is 4.39 Å². The first kappa shape index (κ1) is 13.6. The van der Waals surface area contributed by atoms with Crippen LogP contribution in [0.25, 0.3) is 0 Å². The Bertz CT molecular complexity index is 526. The molecule has 0 unspecified atom stereocenters. The second kappa shape index (κ2) is 5.87. The van der Waals surface area contributed by atoms with Gasteiger partial charge in [-0.1, -0.05) is 29.3 Å². The number of nitrogens with zero attached hydrogens (tertiary/aromatic N) is 1. The molecule has 0 atom stereocenters. The van der Waals surface area contributed by atoms with Crippen LogP contribution in [0.4, 0.5) is 10.1 Å². The number of benzene rings is 1. The zero-order chi connectivity index (χ0) is 13.1. The first-order valence-electron chi connectivity index (χ1n) is 5.05. The predicted octanol–water partition coefficient (Wildman–Crippen LogP) is 4.90. The molecule has 0 bridgehead atoms. The minimum Gasteiger partial charge on any atom is -0.380 e. The van der Waals surface area contributed by atoms with Crippen molar-refractivity contribution in [1.82, 2.24) is 4.98 Å². The van der Waals surface area contributed by atoms with Gasteiger partial charge in [-0.2, -0.15) is 0 Å². The van der Waals surface area contributed by atoms with Crippen molar-refractivity contribution in [3.63, 3.8) is 0 Å². The molecule has 2 aromatic rings. The lowest BCUT2D eigenvalue weighted by Crippen LogP contribution is -2.00. The minimum atomic E-state index is -0.425. The van der Waals surface area contributed by atoms with Crippen molar-refractivity contribution in [3.8, 4) is 0 Å². The van der Waals surface area contributed by atoms with Crippen LogP contribution in [0.1, 0.15) is 5.56 Å². The number of pyridine rings is 1. The topological polar surface area (TPSA) is 24.9 Å². The van der Waals surface area contributed by atoms with Gasteiger partial charge in [0.15, 0.2) is 0 Å². The number of rotatable bonds is 3. The number of nitrogens with one attached hydrogen (secondary N) is 1. The van der Waals surface area contributed by atoms with Crippen molar-refractivity contribution in [1.29, 1.82) is 0 Å². The molecule has 0 radical (unpaired) electrons. The molecule has 1 N–H and O–H groups in total. The summed E-state index contributed by atoms with van der Waals surface area (Å²) >= 11 is 14.7. The Labute approximate surface area is 122 Å². The van der Waals surface area contributed by atoms with E-state index in [4.69, 9.17) is 23.2 Å². The Morgan fingerprint density at radius 1 is 1.28 bits per heavy atom. The third kappa shape index (κ3) is 3.34. The fourth-order valence-electron chi connectivity index (χ4n) is 1.37. The van der Waals surface area contributed by atoms with Crippen molar-refractivity contribution in [2.75, 3.05) is 5.32 Å². The lowest BCUT2D eigenvalue weighted by Gasteiger charge is -2.07. The molecule has 1 aromatic carbocycles. The van der Waals surface area contributed by atoms with Gasteiger partial charge in [-0.05, 0) is 39.7 Å². The molecule has 0 aliphatic carbocycles. The first-order chi connectivity index (χ1) is 8.56. The summed E-state index contributed by atoms with van der Waals surface area (Å²) in [5, 5.41) is 3.64. The highest BCUT2D eigenvalue weighted by Crippen LogP contribution is 2.23. The van der Waals surface area contributed by atoms with Gasteiger partial charge in [-0.25, -0.2) is 9.37 Å². The molecule has 6 heteroatoms. The van der Waals surface area contributed by atoms with E-state index in [0.717, 1.165) is 11.3 Å². The van der Waals surface area contributed by atoms with Gasteiger partial charge in [0.05, 0.1) is 21.4 Å². The van der Waals surface area contributed by atoms with E-state index < -0.39 is 5.82 Å². The second-order valence-electron chi connectivity index (χ2n) is 3.60. The molecule has 1 heterocycles. The highest BCUT2D eigenvalue weighted by molar-refractivity contribution is 9.10. The maximum atomic E-state index is 13.2. The number of halogens is 4. The molecule has 1 aromatic heterocycles. The van der Waals surface area contributed by atoms with Gasteiger partial charge in [-0.3, -0.25) is 0 Å². The normalized spacial score (nSPS) is 10.4. The summed E-state index contributed by atoms with van der Waals surface area (Å²) in [4.78, 5) is 3.98. The number of anilines is 1. The summed E-state index contributed by atoms with van der Waals surface area (Å²) in [6, 6.07) is 6.50. The maximum Gasteiger partial charge on any atom is 0.143 e. The van der Waals surface area contributed by atoms with Gasteiger partial charge in [0.25, 0.3) is 0 Å².